The number of carboxylic acid groups (broad SMARTS) is 1. The molecule has 0 heterocycles. The lowest BCUT2D eigenvalue weighted by Crippen LogP contribution is -2.27. The molecule has 2 rings (SSSR count). The number of phenolic OH excluding ortho intramolecular Hbond substituents is 1. The van der Waals surface area contributed by atoms with E-state index in [0.717, 1.165) is 12.1 Å². The summed E-state index contributed by atoms with van der Waals surface area (Å²) in [5, 5.41) is 18.1. The molecule has 0 aliphatic heterocycles. The average molecular weight is 232 g/mol. The van der Waals surface area contributed by atoms with E-state index in [-0.39, 0.29) is 0 Å². The molecule has 0 aromatic heterocycles. The van der Waals surface area contributed by atoms with Gasteiger partial charge in [-0.05, 0) is 18.2 Å². The van der Waals surface area contributed by atoms with Crippen molar-refractivity contribution in [3.63, 3.8) is 0 Å². The van der Waals surface area contributed by atoms with Crippen LogP contribution in [0.25, 0.3) is 0 Å². The zero-order chi connectivity index (χ0) is 12.1. The lowest BCUT2D eigenvalue weighted by Gasteiger charge is -2.13. The van der Waals surface area contributed by atoms with E-state index in [9.17, 15) is 23.1 Å². The Bertz CT molecular complexity index is 472. The first-order valence-corrected chi connectivity index (χ1v) is 4.41. The molecule has 6 heteroatoms. The molecule has 1 atom stereocenters. The van der Waals surface area contributed by atoms with Crippen LogP contribution in [0.3, 0.4) is 0 Å². The van der Waals surface area contributed by atoms with Gasteiger partial charge in [-0.25, -0.2) is 13.2 Å². The molecular formula is C10H7F3O3. The molecule has 3 nitrogen and oxygen atoms in total. The fourth-order valence-corrected chi connectivity index (χ4v) is 1.78. The molecule has 1 unspecified atom stereocenters. The summed E-state index contributed by atoms with van der Waals surface area (Å²) >= 11 is 0. The highest BCUT2D eigenvalue weighted by atomic mass is 19.3. The van der Waals surface area contributed by atoms with Crippen LogP contribution < -0.4 is 0 Å². The van der Waals surface area contributed by atoms with Crippen LogP contribution in [-0.4, -0.2) is 22.1 Å². The lowest BCUT2D eigenvalue weighted by atomic mass is 9.94. The topological polar surface area (TPSA) is 57.5 Å². The quantitative estimate of drug-likeness (QED) is 0.818. The van der Waals surface area contributed by atoms with Gasteiger partial charge in [0.05, 0.1) is 0 Å². The smallest absolute Gasteiger partial charge is 0.320 e. The van der Waals surface area contributed by atoms with Gasteiger partial charge in [0.25, 0.3) is 5.92 Å². The fraction of sp³-hybridized carbons (Fsp3) is 0.300. The number of aromatic hydroxyl groups is 1. The molecule has 0 amide bonds. The molecule has 2 N–H and O–H groups in total. The Morgan fingerprint density at radius 3 is 2.38 bits per heavy atom. The SMILES string of the molecule is O=C(O)C1(c2cc(F)ccc2O)CC1(F)F. The van der Waals surface area contributed by atoms with Crippen LogP contribution in [0.15, 0.2) is 18.2 Å². The van der Waals surface area contributed by atoms with E-state index in [1.54, 1.807) is 0 Å². The first kappa shape index (κ1) is 10.8. The third-order valence-corrected chi connectivity index (χ3v) is 2.77. The molecular weight excluding hydrogens is 225 g/mol. The van der Waals surface area contributed by atoms with Crippen molar-refractivity contribution in [3.8, 4) is 5.75 Å². The minimum atomic E-state index is -3.45. The van der Waals surface area contributed by atoms with Gasteiger partial charge in [0, 0.05) is 12.0 Å². The van der Waals surface area contributed by atoms with Crippen molar-refractivity contribution in [2.75, 3.05) is 0 Å². The average Bonchev–Trinajstić information content (AvgIpc) is 2.75. The molecule has 1 aliphatic carbocycles. The second-order valence-electron chi connectivity index (χ2n) is 3.75. The van der Waals surface area contributed by atoms with Crippen LogP contribution in [0.1, 0.15) is 12.0 Å². The molecule has 16 heavy (non-hydrogen) atoms. The number of halogens is 3. The molecule has 0 saturated heterocycles. The van der Waals surface area contributed by atoms with E-state index < -0.39 is 40.9 Å². The van der Waals surface area contributed by atoms with Gasteiger partial charge in [0.1, 0.15) is 11.6 Å². The zero-order valence-corrected chi connectivity index (χ0v) is 7.88. The van der Waals surface area contributed by atoms with Crippen molar-refractivity contribution in [1.82, 2.24) is 0 Å². The highest BCUT2D eigenvalue weighted by molar-refractivity contribution is 5.88. The summed E-state index contributed by atoms with van der Waals surface area (Å²) in [6, 6.07) is 2.36. The second-order valence-corrected chi connectivity index (χ2v) is 3.75. The summed E-state index contributed by atoms with van der Waals surface area (Å²) in [5.74, 6) is -6.72. The lowest BCUT2D eigenvalue weighted by molar-refractivity contribution is -0.143. The number of carbonyl (C=O) groups is 1. The van der Waals surface area contributed by atoms with Crippen molar-refractivity contribution in [2.45, 2.75) is 17.8 Å². The Morgan fingerprint density at radius 1 is 1.38 bits per heavy atom. The van der Waals surface area contributed by atoms with Gasteiger partial charge in [0.2, 0.25) is 0 Å². The van der Waals surface area contributed by atoms with Crippen molar-refractivity contribution >= 4 is 5.97 Å². The summed E-state index contributed by atoms with van der Waals surface area (Å²) in [6.45, 7) is 0. The first-order chi connectivity index (χ1) is 7.31. The van der Waals surface area contributed by atoms with E-state index in [0.29, 0.717) is 6.07 Å². The van der Waals surface area contributed by atoms with Crippen LogP contribution in [0, 0.1) is 5.82 Å². The molecule has 0 bridgehead atoms. The number of rotatable bonds is 2. The van der Waals surface area contributed by atoms with Gasteiger partial charge in [-0.3, -0.25) is 4.79 Å². The number of phenols is 1. The number of aliphatic carboxylic acids is 1. The second kappa shape index (κ2) is 2.90. The van der Waals surface area contributed by atoms with Crippen molar-refractivity contribution in [3.05, 3.63) is 29.6 Å². The van der Waals surface area contributed by atoms with Gasteiger partial charge >= 0.3 is 5.97 Å². The largest absolute Gasteiger partial charge is 0.508 e. The highest BCUT2D eigenvalue weighted by Crippen LogP contribution is 2.63. The van der Waals surface area contributed by atoms with Gasteiger partial charge in [-0.1, -0.05) is 0 Å². The van der Waals surface area contributed by atoms with Crippen LogP contribution in [0.5, 0.6) is 5.75 Å². The Morgan fingerprint density at radius 2 is 1.94 bits per heavy atom. The van der Waals surface area contributed by atoms with E-state index in [4.69, 9.17) is 5.11 Å². The third kappa shape index (κ3) is 1.19. The monoisotopic (exact) mass is 232 g/mol. The number of hydrogen-bond donors (Lipinski definition) is 2. The predicted molar refractivity (Wildman–Crippen MR) is 46.9 cm³/mol. The molecule has 86 valence electrons. The Hall–Kier alpha value is -1.72. The molecule has 1 aromatic carbocycles. The molecule has 1 aliphatic rings. The molecule has 1 saturated carbocycles. The number of benzene rings is 1. The van der Waals surface area contributed by atoms with Crippen LogP contribution in [0.4, 0.5) is 13.2 Å². The van der Waals surface area contributed by atoms with Gasteiger partial charge < -0.3 is 10.2 Å². The molecule has 0 radical (unpaired) electrons. The minimum absolute atomic E-state index is 0.579. The van der Waals surface area contributed by atoms with Crippen LogP contribution in [-0.2, 0) is 10.2 Å². The fourth-order valence-electron chi connectivity index (χ4n) is 1.78. The summed E-state index contributed by atoms with van der Waals surface area (Å²) < 4.78 is 39.0. The summed E-state index contributed by atoms with van der Waals surface area (Å²) in [4.78, 5) is 10.8. The third-order valence-electron chi connectivity index (χ3n) is 2.77. The Balaban J connectivity index is 2.59. The van der Waals surface area contributed by atoms with E-state index in [1.807, 2.05) is 0 Å². The zero-order valence-electron chi connectivity index (χ0n) is 7.88. The maximum absolute atomic E-state index is 13.1. The maximum Gasteiger partial charge on any atom is 0.320 e. The van der Waals surface area contributed by atoms with Gasteiger partial charge in [-0.15, -0.1) is 0 Å². The van der Waals surface area contributed by atoms with Crippen LogP contribution >= 0.6 is 0 Å². The minimum Gasteiger partial charge on any atom is -0.508 e. The summed E-state index contributed by atoms with van der Waals surface area (Å²) in [7, 11) is 0. The van der Waals surface area contributed by atoms with E-state index in [1.165, 1.54) is 0 Å². The van der Waals surface area contributed by atoms with Crippen LogP contribution in [0.2, 0.25) is 0 Å². The summed E-state index contributed by atoms with van der Waals surface area (Å²) in [6.07, 6.45) is -0.924. The standard InChI is InChI=1S/C10H7F3O3/c11-5-1-2-7(14)6(3-5)9(8(15)16)4-10(9,12)13/h1-3,14H,4H2,(H,15,16). The predicted octanol–water partition coefficient (Wildman–Crippen LogP) is 1.89. The molecule has 1 aromatic rings. The maximum atomic E-state index is 13.1. The molecule has 0 spiro atoms. The number of carboxylic acids is 1. The highest BCUT2D eigenvalue weighted by Gasteiger charge is 2.78. The van der Waals surface area contributed by atoms with Crippen molar-refractivity contribution < 1.29 is 28.2 Å². The van der Waals surface area contributed by atoms with Crippen molar-refractivity contribution in [2.24, 2.45) is 0 Å². The van der Waals surface area contributed by atoms with Crippen molar-refractivity contribution in [1.29, 1.82) is 0 Å². The Labute approximate surface area is 88.1 Å². The first-order valence-electron chi connectivity index (χ1n) is 4.41. The number of hydrogen-bond acceptors (Lipinski definition) is 2. The van der Waals surface area contributed by atoms with Gasteiger partial charge in [0.15, 0.2) is 5.41 Å². The van der Waals surface area contributed by atoms with Gasteiger partial charge in [-0.2, -0.15) is 0 Å². The Kier molecular flexibility index (Phi) is 1.95. The number of alkyl halides is 2. The van der Waals surface area contributed by atoms with E-state index >= 15 is 0 Å². The normalized spacial score (nSPS) is 26.4. The van der Waals surface area contributed by atoms with E-state index in [2.05, 4.69) is 0 Å². The molecule has 1 fully saturated rings. The summed E-state index contributed by atoms with van der Waals surface area (Å²) in [5.41, 5.74) is -3.07.